The van der Waals surface area contributed by atoms with E-state index in [1.54, 1.807) is 31.3 Å². The van der Waals surface area contributed by atoms with Crippen molar-refractivity contribution in [3.05, 3.63) is 29.8 Å². The molecule has 0 saturated heterocycles. The summed E-state index contributed by atoms with van der Waals surface area (Å²) in [7, 11) is 1.69. The van der Waals surface area contributed by atoms with E-state index in [1.165, 1.54) is 6.92 Å². The second-order valence-electron chi connectivity index (χ2n) is 7.47. The summed E-state index contributed by atoms with van der Waals surface area (Å²) in [5, 5.41) is 11.0. The third-order valence-electron chi connectivity index (χ3n) is 4.53. The number of carbonyl (C=O) groups excluding carboxylic acids is 4. The van der Waals surface area contributed by atoms with Gasteiger partial charge < -0.3 is 31.7 Å². The van der Waals surface area contributed by atoms with Crippen LogP contribution < -0.4 is 27.0 Å². The molecule has 1 aromatic rings. The molecule has 0 radical (unpaired) electrons. The van der Waals surface area contributed by atoms with Gasteiger partial charge in [-0.3, -0.25) is 14.4 Å². The van der Waals surface area contributed by atoms with Crippen LogP contribution in [0.5, 0.6) is 0 Å². The number of nitrogens with two attached hydrogens (primary N) is 1. The molecule has 10 nitrogen and oxygen atoms in total. The van der Waals surface area contributed by atoms with Crippen LogP contribution in [0.1, 0.15) is 66.9 Å². The molecule has 0 aliphatic rings. The Labute approximate surface area is 210 Å². The zero-order chi connectivity index (χ0) is 27.4. The van der Waals surface area contributed by atoms with Crippen LogP contribution in [0.2, 0.25) is 0 Å². The summed E-state index contributed by atoms with van der Waals surface area (Å²) < 4.78 is 4.94. The van der Waals surface area contributed by atoms with Crippen molar-refractivity contribution in [2.75, 3.05) is 18.9 Å². The highest BCUT2D eigenvalue weighted by Gasteiger charge is 2.26. The van der Waals surface area contributed by atoms with Gasteiger partial charge in [-0.2, -0.15) is 0 Å². The predicted octanol–water partition coefficient (Wildman–Crippen LogP) is 2.92. The van der Waals surface area contributed by atoms with Crippen molar-refractivity contribution < 1.29 is 23.9 Å². The molecule has 2 atom stereocenters. The third-order valence-corrected chi connectivity index (χ3v) is 4.53. The first-order chi connectivity index (χ1) is 16.6. The molecule has 0 fully saturated rings. The smallest absolute Gasteiger partial charge is 0.312 e. The van der Waals surface area contributed by atoms with E-state index in [9.17, 15) is 19.2 Å². The highest BCUT2D eigenvalue weighted by Crippen LogP contribution is 2.12. The summed E-state index contributed by atoms with van der Waals surface area (Å²) in [5.74, 6) is -0.992. The summed E-state index contributed by atoms with van der Waals surface area (Å²) in [6.07, 6.45) is 0.769. The lowest BCUT2D eigenvalue weighted by molar-refractivity contribution is -0.142. The molecule has 35 heavy (non-hydrogen) atoms. The van der Waals surface area contributed by atoms with Crippen LogP contribution in [-0.2, 0) is 25.7 Å². The van der Waals surface area contributed by atoms with Crippen molar-refractivity contribution in [3.63, 3.8) is 0 Å². The number of primary amides is 1. The van der Waals surface area contributed by atoms with E-state index in [1.807, 2.05) is 41.5 Å². The van der Waals surface area contributed by atoms with Gasteiger partial charge in [-0.1, -0.05) is 53.7 Å². The predicted molar refractivity (Wildman–Crippen MR) is 140 cm³/mol. The zero-order valence-electron chi connectivity index (χ0n) is 22.5. The molecule has 1 unspecified atom stereocenters. The average molecular weight is 496 g/mol. The molecule has 0 bridgehead atoms. The Balaban J connectivity index is 0. The summed E-state index contributed by atoms with van der Waals surface area (Å²) in [5.41, 5.74) is 6.38. The minimum absolute atomic E-state index is 0.0370. The normalized spacial score (nSPS) is 11.5. The van der Waals surface area contributed by atoms with Gasteiger partial charge in [0.2, 0.25) is 11.8 Å². The number of benzene rings is 1. The first-order valence-corrected chi connectivity index (χ1v) is 12.2. The van der Waals surface area contributed by atoms with Gasteiger partial charge in [0.05, 0.1) is 6.04 Å². The summed E-state index contributed by atoms with van der Waals surface area (Å²) in [6, 6.07) is 4.96. The lowest BCUT2D eigenvalue weighted by Crippen LogP contribution is -2.52. The van der Waals surface area contributed by atoms with Gasteiger partial charge in [-0.15, -0.1) is 0 Å². The Morgan fingerprint density at radius 2 is 1.54 bits per heavy atom. The van der Waals surface area contributed by atoms with Crippen LogP contribution in [-0.4, -0.2) is 49.5 Å². The lowest BCUT2D eigenvalue weighted by atomic mass is 10.0. The topological polar surface area (TPSA) is 152 Å². The standard InChI is InChI=1S/C21H33N5O5.2C2H6/c1-13(2)18(23-4)20(29)26-17(6-5-11-24-21(22)30)19(28)25-16-9-7-15(8-10-16)12-31-14(3)27;2*1-2/h7-10,13,17-18,23H,5-6,11-12H2,1-4H3,(H,25,28)(H,26,29)(H3,22,24,30);2*1-2H3/t17-,18?;;/m0../s1. The quantitative estimate of drug-likeness (QED) is 0.222. The number of nitrogens with one attached hydrogen (secondary N) is 4. The van der Waals surface area contributed by atoms with Crippen molar-refractivity contribution in [1.82, 2.24) is 16.0 Å². The highest BCUT2D eigenvalue weighted by molar-refractivity contribution is 5.97. The second-order valence-corrected chi connectivity index (χ2v) is 7.47. The Hall–Kier alpha value is -3.14. The fourth-order valence-corrected chi connectivity index (χ4v) is 2.91. The molecule has 0 saturated carbocycles. The molecule has 200 valence electrons. The number of ether oxygens (including phenoxy) is 1. The maximum atomic E-state index is 12.8. The van der Waals surface area contributed by atoms with Gasteiger partial charge in [0.1, 0.15) is 12.6 Å². The van der Waals surface area contributed by atoms with E-state index >= 15 is 0 Å². The Bertz CT molecular complexity index is 753. The van der Waals surface area contributed by atoms with Gasteiger partial charge >= 0.3 is 12.0 Å². The number of hydrogen-bond donors (Lipinski definition) is 5. The third kappa shape index (κ3) is 15.4. The summed E-state index contributed by atoms with van der Waals surface area (Å²) in [6.45, 7) is 13.6. The van der Waals surface area contributed by atoms with E-state index < -0.39 is 18.1 Å². The number of carbonyl (C=O) groups is 4. The molecule has 10 heteroatoms. The minimum Gasteiger partial charge on any atom is -0.461 e. The van der Waals surface area contributed by atoms with Gasteiger partial charge in [-0.05, 0) is 43.5 Å². The molecule has 0 aliphatic heterocycles. The first-order valence-electron chi connectivity index (χ1n) is 12.2. The number of esters is 1. The van der Waals surface area contributed by atoms with Gasteiger partial charge in [0.15, 0.2) is 0 Å². The molecule has 0 spiro atoms. The molecule has 4 amide bonds. The maximum absolute atomic E-state index is 12.8. The fraction of sp³-hybridized carbons (Fsp3) is 0.600. The Morgan fingerprint density at radius 1 is 0.971 bits per heavy atom. The van der Waals surface area contributed by atoms with Crippen molar-refractivity contribution in [1.29, 1.82) is 0 Å². The number of hydrogen-bond acceptors (Lipinski definition) is 6. The van der Waals surface area contributed by atoms with Crippen LogP contribution >= 0.6 is 0 Å². The van der Waals surface area contributed by atoms with Crippen LogP contribution in [0.25, 0.3) is 0 Å². The SMILES string of the molecule is CC.CC.CNC(C(=O)N[C@@H](CCCNC(N)=O)C(=O)Nc1ccc(COC(C)=O)cc1)C(C)C. The molecule has 6 N–H and O–H groups in total. The zero-order valence-corrected chi connectivity index (χ0v) is 22.5. The number of anilines is 1. The highest BCUT2D eigenvalue weighted by atomic mass is 16.5. The van der Waals surface area contributed by atoms with Gasteiger partial charge in [0.25, 0.3) is 0 Å². The maximum Gasteiger partial charge on any atom is 0.312 e. The second kappa shape index (κ2) is 20.3. The fourth-order valence-electron chi connectivity index (χ4n) is 2.91. The summed E-state index contributed by atoms with van der Waals surface area (Å²) in [4.78, 5) is 47.2. The molecule has 0 aliphatic carbocycles. The van der Waals surface area contributed by atoms with Crippen molar-refractivity contribution in [2.24, 2.45) is 11.7 Å². The van der Waals surface area contributed by atoms with Gasteiger partial charge in [-0.25, -0.2) is 4.79 Å². The van der Waals surface area contributed by atoms with E-state index in [0.29, 0.717) is 25.1 Å². The first kappa shape index (κ1) is 34.0. The lowest BCUT2D eigenvalue weighted by Gasteiger charge is -2.24. The van der Waals surface area contributed by atoms with Crippen LogP contribution in [0.15, 0.2) is 24.3 Å². The Morgan fingerprint density at radius 3 is 2.00 bits per heavy atom. The van der Waals surface area contributed by atoms with Crippen molar-refractivity contribution >= 4 is 29.5 Å². The Kier molecular flexibility index (Phi) is 19.7. The molecule has 0 aromatic heterocycles. The number of urea groups is 1. The average Bonchev–Trinajstić information content (AvgIpc) is 2.83. The number of likely N-dealkylation sites (N-methyl/N-ethyl adjacent to an activating group) is 1. The molecular weight excluding hydrogens is 450 g/mol. The van der Waals surface area contributed by atoms with E-state index in [2.05, 4.69) is 21.3 Å². The van der Waals surface area contributed by atoms with E-state index in [-0.39, 0.29) is 30.3 Å². The summed E-state index contributed by atoms with van der Waals surface area (Å²) >= 11 is 0. The monoisotopic (exact) mass is 495 g/mol. The molecule has 0 heterocycles. The van der Waals surface area contributed by atoms with Crippen molar-refractivity contribution in [2.45, 2.75) is 80.0 Å². The minimum atomic E-state index is -0.794. The van der Waals surface area contributed by atoms with E-state index in [4.69, 9.17) is 10.5 Å². The van der Waals surface area contributed by atoms with Gasteiger partial charge in [0, 0.05) is 19.2 Å². The number of amides is 4. The van der Waals surface area contributed by atoms with Crippen LogP contribution in [0.4, 0.5) is 10.5 Å². The van der Waals surface area contributed by atoms with E-state index in [0.717, 1.165) is 5.56 Å². The van der Waals surface area contributed by atoms with Crippen molar-refractivity contribution in [3.8, 4) is 0 Å². The molecule has 1 aromatic carbocycles. The van der Waals surface area contributed by atoms with Crippen LogP contribution in [0, 0.1) is 5.92 Å². The van der Waals surface area contributed by atoms with Crippen LogP contribution in [0.3, 0.4) is 0 Å². The molecular formula is C25H45N5O5. The molecule has 1 rings (SSSR count). The largest absolute Gasteiger partial charge is 0.461 e. The number of rotatable bonds is 12.